The fourth-order valence-electron chi connectivity index (χ4n) is 2.44. The van der Waals surface area contributed by atoms with E-state index >= 15 is 0 Å². The number of rotatable bonds is 4. The van der Waals surface area contributed by atoms with E-state index in [-0.39, 0.29) is 11.5 Å². The minimum Gasteiger partial charge on any atom is -0.324 e. The molecular weight excluding hydrogens is 348 g/mol. The Labute approximate surface area is 154 Å². The average molecular weight is 364 g/mol. The normalized spacial score (nSPS) is 11.7. The summed E-state index contributed by atoms with van der Waals surface area (Å²) in [5, 5.41) is 12.4. The highest BCUT2D eigenvalue weighted by Crippen LogP contribution is 2.23. The zero-order valence-corrected chi connectivity index (χ0v) is 15.1. The highest BCUT2D eigenvalue weighted by molar-refractivity contribution is 8.00. The maximum atomic E-state index is 12.5. The molecule has 6 nitrogen and oxygen atoms in total. The van der Waals surface area contributed by atoms with E-state index in [1.165, 1.54) is 16.3 Å². The van der Waals surface area contributed by atoms with Crippen molar-refractivity contribution in [3.05, 3.63) is 64.4 Å². The first-order valence-electron chi connectivity index (χ1n) is 7.93. The number of amides is 1. The molecule has 1 heterocycles. The van der Waals surface area contributed by atoms with Gasteiger partial charge in [-0.15, -0.1) is 0 Å². The largest absolute Gasteiger partial charge is 0.324 e. The Kier molecular flexibility index (Phi) is 5.05. The lowest BCUT2D eigenvalue weighted by atomic mass is 10.2. The monoisotopic (exact) mass is 364 g/mol. The first-order chi connectivity index (χ1) is 12.5. The van der Waals surface area contributed by atoms with Crippen molar-refractivity contribution in [2.75, 3.05) is 5.32 Å². The van der Waals surface area contributed by atoms with E-state index in [0.717, 1.165) is 0 Å². The number of aromatic nitrogens is 2. The van der Waals surface area contributed by atoms with Crippen molar-refractivity contribution in [1.29, 1.82) is 5.26 Å². The molecule has 0 saturated carbocycles. The second-order valence-corrected chi connectivity index (χ2v) is 6.99. The third-order valence-electron chi connectivity index (χ3n) is 3.90. The molecule has 0 bridgehead atoms. The van der Waals surface area contributed by atoms with Crippen molar-refractivity contribution >= 4 is 34.3 Å². The summed E-state index contributed by atoms with van der Waals surface area (Å²) >= 11 is 1.20. The Balaban J connectivity index is 1.84. The molecule has 1 amide bonds. The number of nitrogens with one attached hydrogen (secondary N) is 1. The Morgan fingerprint density at radius 3 is 2.69 bits per heavy atom. The highest BCUT2D eigenvalue weighted by Gasteiger charge is 2.19. The number of carbonyl (C=O) groups excluding carboxylic acids is 1. The molecule has 0 fully saturated rings. The summed E-state index contributed by atoms with van der Waals surface area (Å²) in [4.78, 5) is 29.4. The van der Waals surface area contributed by atoms with Crippen molar-refractivity contribution in [3.63, 3.8) is 0 Å². The van der Waals surface area contributed by atoms with E-state index in [1.54, 1.807) is 56.4 Å². The van der Waals surface area contributed by atoms with Crippen LogP contribution in [0.2, 0.25) is 0 Å². The van der Waals surface area contributed by atoms with Crippen LogP contribution in [0.25, 0.3) is 10.9 Å². The number of carbonyl (C=O) groups is 1. The Morgan fingerprint density at radius 1 is 1.23 bits per heavy atom. The highest BCUT2D eigenvalue weighted by atomic mass is 32.2. The van der Waals surface area contributed by atoms with Gasteiger partial charge in [0.15, 0.2) is 5.16 Å². The lowest BCUT2D eigenvalue weighted by Gasteiger charge is -2.14. The zero-order valence-electron chi connectivity index (χ0n) is 14.3. The van der Waals surface area contributed by atoms with Crippen LogP contribution in [0.5, 0.6) is 0 Å². The molecule has 3 rings (SSSR count). The number of benzene rings is 2. The fraction of sp³-hybridized carbons (Fsp3) is 0.158. The molecule has 130 valence electrons. The maximum Gasteiger partial charge on any atom is 0.261 e. The van der Waals surface area contributed by atoms with Gasteiger partial charge >= 0.3 is 0 Å². The van der Waals surface area contributed by atoms with Gasteiger partial charge in [-0.1, -0.05) is 36.0 Å². The zero-order chi connectivity index (χ0) is 18.7. The van der Waals surface area contributed by atoms with Gasteiger partial charge in [-0.3, -0.25) is 14.2 Å². The Hall–Kier alpha value is -3.11. The van der Waals surface area contributed by atoms with Gasteiger partial charge in [0.05, 0.1) is 27.4 Å². The van der Waals surface area contributed by atoms with Crippen LogP contribution >= 0.6 is 11.8 Å². The summed E-state index contributed by atoms with van der Waals surface area (Å²) in [6.07, 6.45) is 0. The molecule has 1 unspecified atom stereocenters. The van der Waals surface area contributed by atoms with Crippen LogP contribution in [0, 0.1) is 11.3 Å². The summed E-state index contributed by atoms with van der Waals surface area (Å²) < 4.78 is 1.44. The molecule has 3 aromatic rings. The minimum atomic E-state index is -0.499. The molecule has 1 atom stereocenters. The fourth-order valence-corrected chi connectivity index (χ4v) is 3.31. The van der Waals surface area contributed by atoms with E-state index in [1.807, 2.05) is 12.1 Å². The number of fused-ring (bicyclic) bond motifs is 1. The van der Waals surface area contributed by atoms with Crippen LogP contribution in [0.4, 0.5) is 5.69 Å². The number of anilines is 1. The smallest absolute Gasteiger partial charge is 0.261 e. The van der Waals surface area contributed by atoms with Crippen LogP contribution < -0.4 is 10.9 Å². The number of nitriles is 1. The molecule has 0 aliphatic carbocycles. The molecule has 1 N–H and O–H groups in total. The summed E-state index contributed by atoms with van der Waals surface area (Å²) in [6, 6.07) is 16.0. The van der Waals surface area contributed by atoms with Gasteiger partial charge < -0.3 is 5.32 Å². The Morgan fingerprint density at radius 2 is 1.92 bits per heavy atom. The van der Waals surface area contributed by atoms with Gasteiger partial charge in [-0.05, 0) is 31.2 Å². The van der Waals surface area contributed by atoms with Gasteiger partial charge in [-0.2, -0.15) is 5.26 Å². The summed E-state index contributed by atoms with van der Waals surface area (Å²) in [7, 11) is 1.64. The molecule has 0 aliphatic heterocycles. The van der Waals surface area contributed by atoms with Crippen LogP contribution in [0.15, 0.2) is 58.5 Å². The van der Waals surface area contributed by atoms with Crippen molar-refractivity contribution in [2.24, 2.45) is 7.05 Å². The Bertz CT molecular complexity index is 1080. The van der Waals surface area contributed by atoms with Crippen molar-refractivity contribution in [2.45, 2.75) is 17.3 Å². The quantitative estimate of drug-likeness (QED) is 0.568. The van der Waals surface area contributed by atoms with Crippen LogP contribution in [0.3, 0.4) is 0 Å². The summed E-state index contributed by atoms with van der Waals surface area (Å²) in [5.41, 5.74) is 1.31. The third-order valence-corrected chi connectivity index (χ3v) is 5.04. The third kappa shape index (κ3) is 3.46. The van der Waals surface area contributed by atoms with Crippen molar-refractivity contribution < 1.29 is 4.79 Å². The van der Waals surface area contributed by atoms with E-state index < -0.39 is 5.25 Å². The molecule has 7 heteroatoms. The van der Waals surface area contributed by atoms with Crippen LogP contribution in [-0.4, -0.2) is 20.7 Å². The lowest BCUT2D eigenvalue weighted by Crippen LogP contribution is -2.25. The van der Waals surface area contributed by atoms with E-state index in [4.69, 9.17) is 5.26 Å². The predicted molar refractivity (Wildman–Crippen MR) is 102 cm³/mol. The number of nitrogens with zero attached hydrogens (tertiary/aromatic N) is 3. The molecule has 0 radical (unpaired) electrons. The van der Waals surface area contributed by atoms with Crippen LogP contribution in [0.1, 0.15) is 12.5 Å². The summed E-state index contributed by atoms with van der Waals surface area (Å²) in [6.45, 7) is 1.73. The topological polar surface area (TPSA) is 87.8 Å². The maximum absolute atomic E-state index is 12.5. The first kappa shape index (κ1) is 17.7. The van der Waals surface area contributed by atoms with E-state index in [0.29, 0.717) is 27.3 Å². The first-order valence-corrected chi connectivity index (χ1v) is 8.81. The van der Waals surface area contributed by atoms with Crippen molar-refractivity contribution in [1.82, 2.24) is 9.55 Å². The van der Waals surface area contributed by atoms with Gasteiger partial charge in [0.1, 0.15) is 6.07 Å². The van der Waals surface area contributed by atoms with E-state index in [9.17, 15) is 9.59 Å². The molecule has 26 heavy (non-hydrogen) atoms. The van der Waals surface area contributed by atoms with Crippen molar-refractivity contribution in [3.8, 4) is 6.07 Å². The number of hydrogen-bond donors (Lipinski definition) is 1. The second-order valence-electron chi connectivity index (χ2n) is 5.68. The molecular formula is C19H16N4O2S. The predicted octanol–water partition coefficient (Wildman–Crippen LogP) is 2.92. The molecule has 0 saturated heterocycles. The number of hydrogen-bond acceptors (Lipinski definition) is 5. The SMILES string of the molecule is CC(Sc1nc2ccccc2c(=O)n1C)C(=O)Nc1ccccc1C#N. The molecule has 0 aliphatic rings. The van der Waals surface area contributed by atoms with Gasteiger partial charge in [0.2, 0.25) is 5.91 Å². The number of thioether (sulfide) groups is 1. The molecule has 2 aromatic carbocycles. The molecule has 1 aromatic heterocycles. The minimum absolute atomic E-state index is 0.152. The van der Waals surface area contributed by atoms with Crippen LogP contribution in [-0.2, 0) is 11.8 Å². The molecule has 0 spiro atoms. The lowest BCUT2D eigenvalue weighted by molar-refractivity contribution is -0.115. The average Bonchev–Trinajstić information content (AvgIpc) is 2.66. The van der Waals surface area contributed by atoms with Gasteiger partial charge in [0, 0.05) is 7.05 Å². The van der Waals surface area contributed by atoms with Gasteiger partial charge in [0.25, 0.3) is 5.56 Å². The standard InChI is InChI=1S/C19H16N4O2S/c1-12(17(24)21-15-9-5-3-7-13(15)11-20)26-19-22-16-10-6-4-8-14(16)18(25)23(19)2/h3-10,12H,1-2H3,(H,21,24). The number of para-hydroxylation sites is 2. The van der Waals surface area contributed by atoms with E-state index in [2.05, 4.69) is 10.3 Å². The second kappa shape index (κ2) is 7.42. The summed E-state index contributed by atoms with van der Waals surface area (Å²) in [5.74, 6) is -0.264. The van der Waals surface area contributed by atoms with Gasteiger partial charge in [-0.25, -0.2) is 4.98 Å².